The summed E-state index contributed by atoms with van der Waals surface area (Å²) in [6.45, 7) is 2.87. The van der Waals surface area contributed by atoms with E-state index in [1.165, 1.54) is 0 Å². The van der Waals surface area contributed by atoms with Crippen LogP contribution in [0.25, 0.3) is 0 Å². The number of carbonyl (C=O) groups is 1. The molecule has 1 atom stereocenters. The number of para-hydroxylation sites is 1. The molecule has 1 N–H and O–H groups in total. The third kappa shape index (κ3) is 2.88. The van der Waals surface area contributed by atoms with E-state index in [4.69, 9.17) is 14.6 Å². The molecule has 0 unspecified atom stereocenters. The van der Waals surface area contributed by atoms with E-state index in [1.54, 1.807) is 26.2 Å². The van der Waals surface area contributed by atoms with Gasteiger partial charge in [0.25, 0.3) is 0 Å². The summed E-state index contributed by atoms with van der Waals surface area (Å²) in [6.07, 6.45) is 2.09. The van der Waals surface area contributed by atoms with Crippen molar-refractivity contribution in [2.24, 2.45) is 5.10 Å². The van der Waals surface area contributed by atoms with Crippen molar-refractivity contribution in [3.8, 4) is 17.2 Å². The lowest BCUT2D eigenvalue weighted by atomic mass is 9.90. The van der Waals surface area contributed by atoms with E-state index >= 15 is 0 Å². The molecule has 3 heterocycles. The van der Waals surface area contributed by atoms with Crippen LogP contribution in [0.1, 0.15) is 43.4 Å². The Morgan fingerprint density at radius 1 is 1.20 bits per heavy atom. The Hall–Kier alpha value is -3.22. The first-order valence-corrected chi connectivity index (χ1v) is 10.3. The Bertz CT molecular complexity index is 1010. The summed E-state index contributed by atoms with van der Waals surface area (Å²) in [5, 5.41) is 16.8. The molecule has 1 amide bonds. The highest BCUT2D eigenvalue weighted by atomic mass is 16.5. The van der Waals surface area contributed by atoms with Gasteiger partial charge in [-0.05, 0) is 35.9 Å². The number of ether oxygens (including phenoxy) is 2. The number of methoxy groups -OCH3 is 1. The predicted molar refractivity (Wildman–Crippen MR) is 112 cm³/mol. The second-order valence-corrected chi connectivity index (χ2v) is 8.09. The number of hydrogen-bond acceptors (Lipinski definition) is 6. The number of rotatable bonds is 2. The van der Waals surface area contributed by atoms with Crippen LogP contribution in [0.4, 0.5) is 0 Å². The quantitative estimate of drug-likeness (QED) is 0.827. The minimum Gasteiger partial charge on any atom is -0.508 e. The van der Waals surface area contributed by atoms with Gasteiger partial charge in [0, 0.05) is 44.8 Å². The summed E-state index contributed by atoms with van der Waals surface area (Å²) in [6, 6.07) is 13.2. The van der Waals surface area contributed by atoms with Crippen molar-refractivity contribution in [3.63, 3.8) is 0 Å². The molecule has 0 aliphatic carbocycles. The fourth-order valence-corrected chi connectivity index (χ4v) is 4.76. The number of aromatic hydroxyl groups is 1. The van der Waals surface area contributed by atoms with Crippen molar-refractivity contribution >= 4 is 11.6 Å². The second-order valence-electron chi connectivity index (χ2n) is 8.09. The van der Waals surface area contributed by atoms with Crippen molar-refractivity contribution in [2.75, 3.05) is 20.2 Å². The van der Waals surface area contributed by atoms with E-state index in [9.17, 15) is 9.90 Å². The maximum Gasteiger partial charge on any atom is 0.219 e. The lowest BCUT2D eigenvalue weighted by Crippen LogP contribution is -2.59. The SMILES string of the molecule is COc1cccc2c1OC1(CCN(C(C)=O)CC1)N1N=C(c3ccc(O)cc3)C[C@@H]21. The van der Waals surface area contributed by atoms with Crippen molar-refractivity contribution in [3.05, 3.63) is 53.6 Å². The zero-order chi connectivity index (χ0) is 20.9. The van der Waals surface area contributed by atoms with Crippen LogP contribution in [0.2, 0.25) is 0 Å². The van der Waals surface area contributed by atoms with Gasteiger partial charge in [-0.2, -0.15) is 5.10 Å². The summed E-state index contributed by atoms with van der Waals surface area (Å²) in [5.74, 6) is 1.82. The van der Waals surface area contributed by atoms with E-state index in [0.717, 1.165) is 34.8 Å². The van der Waals surface area contributed by atoms with Gasteiger partial charge in [0.15, 0.2) is 11.5 Å². The fourth-order valence-electron chi connectivity index (χ4n) is 4.76. The molecular weight excluding hydrogens is 382 g/mol. The third-order valence-electron chi connectivity index (χ3n) is 6.40. The maximum atomic E-state index is 11.9. The van der Waals surface area contributed by atoms with Crippen LogP contribution < -0.4 is 9.47 Å². The van der Waals surface area contributed by atoms with Gasteiger partial charge in [-0.15, -0.1) is 0 Å². The molecule has 2 aromatic rings. The summed E-state index contributed by atoms with van der Waals surface area (Å²) in [7, 11) is 1.66. The van der Waals surface area contributed by atoms with Crippen LogP contribution in [-0.4, -0.2) is 52.6 Å². The monoisotopic (exact) mass is 407 g/mol. The summed E-state index contributed by atoms with van der Waals surface area (Å²) < 4.78 is 12.2. The molecule has 156 valence electrons. The van der Waals surface area contributed by atoms with Gasteiger partial charge in [-0.3, -0.25) is 4.79 Å². The minimum atomic E-state index is -0.614. The number of phenols is 1. The molecular formula is C23H25N3O4. The molecule has 0 bridgehead atoms. The van der Waals surface area contributed by atoms with Gasteiger partial charge in [0.05, 0.1) is 18.9 Å². The molecule has 0 radical (unpaired) electrons. The zero-order valence-electron chi connectivity index (χ0n) is 17.2. The number of nitrogens with zero attached hydrogens (tertiary/aromatic N) is 3. The Kier molecular flexibility index (Phi) is 4.34. The largest absolute Gasteiger partial charge is 0.508 e. The van der Waals surface area contributed by atoms with Crippen molar-refractivity contribution in [1.29, 1.82) is 0 Å². The molecule has 30 heavy (non-hydrogen) atoms. The summed E-state index contributed by atoms with van der Waals surface area (Å²) in [5.41, 5.74) is 2.40. The Morgan fingerprint density at radius 2 is 1.93 bits per heavy atom. The minimum absolute atomic E-state index is 0.0385. The Morgan fingerprint density at radius 3 is 2.60 bits per heavy atom. The Balaban J connectivity index is 1.57. The van der Waals surface area contributed by atoms with Gasteiger partial charge in [-0.25, -0.2) is 5.01 Å². The van der Waals surface area contributed by atoms with E-state index in [0.29, 0.717) is 25.9 Å². The molecule has 0 saturated carbocycles. The lowest BCUT2D eigenvalue weighted by molar-refractivity contribution is -0.159. The summed E-state index contributed by atoms with van der Waals surface area (Å²) in [4.78, 5) is 13.7. The van der Waals surface area contributed by atoms with Crippen LogP contribution in [0.3, 0.4) is 0 Å². The first-order chi connectivity index (χ1) is 14.5. The molecule has 2 aromatic carbocycles. The second kappa shape index (κ2) is 6.93. The number of carbonyl (C=O) groups excluding carboxylic acids is 1. The van der Waals surface area contributed by atoms with Gasteiger partial charge < -0.3 is 19.5 Å². The number of hydrogen-bond donors (Lipinski definition) is 1. The standard InChI is InChI=1S/C23H25N3O4/c1-15(27)25-12-10-23(11-13-25)26-20(18-4-3-5-21(29-2)22(18)30-23)14-19(24-26)16-6-8-17(28)9-7-16/h3-9,20,28H,10-14H2,1-2H3/t20-/m0/s1. The first kappa shape index (κ1) is 18.8. The van der Waals surface area contributed by atoms with Crippen molar-refractivity contribution in [2.45, 2.75) is 38.0 Å². The molecule has 1 saturated heterocycles. The number of piperidine rings is 1. The number of fused-ring (bicyclic) bond motifs is 4. The van der Waals surface area contributed by atoms with E-state index < -0.39 is 5.72 Å². The van der Waals surface area contributed by atoms with Gasteiger partial charge in [0.2, 0.25) is 11.6 Å². The van der Waals surface area contributed by atoms with Crippen molar-refractivity contribution < 1.29 is 19.4 Å². The number of amides is 1. The molecule has 7 nitrogen and oxygen atoms in total. The number of hydrazone groups is 1. The molecule has 5 rings (SSSR count). The topological polar surface area (TPSA) is 74.6 Å². The van der Waals surface area contributed by atoms with E-state index in [2.05, 4.69) is 11.1 Å². The van der Waals surface area contributed by atoms with Crippen molar-refractivity contribution in [1.82, 2.24) is 9.91 Å². The van der Waals surface area contributed by atoms with E-state index in [-0.39, 0.29) is 17.7 Å². The molecule has 3 aliphatic rings. The van der Waals surface area contributed by atoms with Crippen LogP contribution >= 0.6 is 0 Å². The summed E-state index contributed by atoms with van der Waals surface area (Å²) >= 11 is 0. The normalized spacial score (nSPS) is 21.5. The van der Waals surface area contributed by atoms with Gasteiger partial charge in [-0.1, -0.05) is 12.1 Å². The molecule has 1 spiro atoms. The lowest BCUT2D eigenvalue weighted by Gasteiger charge is -2.51. The maximum absolute atomic E-state index is 11.9. The predicted octanol–water partition coefficient (Wildman–Crippen LogP) is 3.28. The molecule has 1 fully saturated rings. The van der Waals surface area contributed by atoms with Crippen LogP contribution in [0, 0.1) is 0 Å². The highest BCUT2D eigenvalue weighted by Gasteiger charge is 2.52. The van der Waals surface area contributed by atoms with Gasteiger partial charge in [0.1, 0.15) is 5.75 Å². The molecule has 7 heteroatoms. The van der Waals surface area contributed by atoms with Crippen LogP contribution in [0.15, 0.2) is 47.6 Å². The van der Waals surface area contributed by atoms with Crippen LogP contribution in [0.5, 0.6) is 17.2 Å². The highest BCUT2D eigenvalue weighted by Crippen LogP contribution is 2.52. The fraction of sp³-hybridized carbons (Fsp3) is 0.391. The molecule has 3 aliphatic heterocycles. The van der Waals surface area contributed by atoms with Gasteiger partial charge >= 0.3 is 0 Å². The number of benzene rings is 2. The zero-order valence-corrected chi connectivity index (χ0v) is 17.2. The number of phenolic OH excluding ortho intramolecular Hbond substituents is 1. The average molecular weight is 407 g/mol. The smallest absolute Gasteiger partial charge is 0.219 e. The van der Waals surface area contributed by atoms with Crippen LogP contribution in [-0.2, 0) is 4.79 Å². The third-order valence-corrected chi connectivity index (χ3v) is 6.40. The Labute approximate surface area is 175 Å². The van der Waals surface area contributed by atoms with E-state index in [1.807, 2.05) is 29.2 Å². The molecule has 0 aromatic heterocycles. The highest BCUT2D eigenvalue weighted by molar-refractivity contribution is 6.02. The average Bonchev–Trinajstić information content (AvgIpc) is 3.21. The first-order valence-electron chi connectivity index (χ1n) is 10.3. The number of likely N-dealkylation sites (tertiary alicyclic amines) is 1.